The average Bonchev–Trinajstić information content (AvgIpc) is 2.47. The second kappa shape index (κ2) is 5.09. The molecule has 0 unspecified atom stereocenters. The standard InChI is InChI=1S/C15H11N3O3/c16-14-8-11(18(19)20)9-15(17-14)21-13-7-3-5-10-4-1-2-6-12(10)13/h1-9H,(H2,16,17). The molecule has 1 aromatic heterocycles. The number of aromatic nitrogens is 1. The highest BCUT2D eigenvalue weighted by atomic mass is 16.6. The van der Waals surface area contributed by atoms with Gasteiger partial charge in [0.2, 0.25) is 5.88 Å². The molecule has 0 bridgehead atoms. The first-order valence-electron chi connectivity index (χ1n) is 6.21. The van der Waals surface area contributed by atoms with Crippen molar-refractivity contribution in [2.45, 2.75) is 0 Å². The van der Waals surface area contributed by atoms with Gasteiger partial charge >= 0.3 is 0 Å². The first-order chi connectivity index (χ1) is 10.1. The van der Waals surface area contributed by atoms with Crippen molar-refractivity contribution in [1.82, 2.24) is 4.98 Å². The number of anilines is 1. The van der Waals surface area contributed by atoms with Gasteiger partial charge in [-0.25, -0.2) is 0 Å². The van der Waals surface area contributed by atoms with E-state index in [1.165, 1.54) is 12.1 Å². The van der Waals surface area contributed by atoms with Gasteiger partial charge in [-0.05, 0) is 11.5 Å². The maximum atomic E-state index is 10.8. The summed E-state index contributed by atoms with van der Waals surface area (Å²) in [5, 5.41) is 12.7. The van der Waals surface area contributed by atoms with E-state index in [-0.39, 0.29) is 17.4 Å². The Morgan fingerprint density at radius 2 is 1.86 bits per heavy atom. The van der Waals surface area contributed by atoms with Gasteiger partial charge < -0.3 is 10.5 Å². The minimum atomic E-state index is -0.534. The van der Waals surface area contributed by atoms with Crippen molar-refractivity contribution in [3.8, 4) is 11.6 Å². The molecule has 0 saturated heterocycles. The molecule has 3 rings (SSSR count). The Bertz CT molecular complexity index is 828. The third kappa shape index (κ3) is 2.59. The third-order valence-corrected chi connectivity index (χ3v) is 2.98. The van der Waals surface area contributed by atoms with Crippen LogP contribution in [0.1, 0.15) is 0 Å². The van der Waals surface area contributed by atoms with Crippen LogP contribution in [0.4, 0.5) is 11.5 Å². The molecule has 0 radical (unpaired) electrons. The van der Waals surface area contributed by atoms with E-state index in [4.69, 9.17) is 10.5 Å². The summed E-state index contributed by atoms with van der Waals surface area (Å²) in [5.41, 5.74) is 5.41. The van der Waals surface area contributed by atoms with Gasteiger partial charge in [0.15, 0.2) is 0 Å². The Kier molecular flexibility index (Phi) is 3.12. The van der Waals surface area contributed by atoms with Gasteiger partial charge in [0.25, 0.3) is 5.69 Å². The normalized spacial score (nSPS) is 10.5. The fraction of sp³-hybridized carbons (Fsp3) is 0. The van der Waals surface area contributed by atoms with Crippen molar-refractivity contribution < 1.29 is 9.66 Å². The molecule has 1 heterocycles. The number of nitrogens with two attached hydrogens (primary N) is 1. The predicted molar refractivity (Wildman–Crippen MR) is 79.3 cm³/mol. The lowest BCUT2D eigenvalue weighted by Crippen LogP contribution is -1.97. The molecule has 0 spiro atoms. The molecule has 2 N–H and O–H groups in total. The van der Waals surface area contributed by atoms with Crippen molar-refractivity contribution in [3.63, 3.8) is 0 Å². The third-order valence-electron chi connectivity index (χ3n) is 2.98. The van der Waals surface area contributed by atoms with Crippen LogP contribution in [0.3, 0.4) is 0 Å². The first kappa shape index (κ1) is 12.9. The van der Waals surface area contributed by atoms with Crippen molar-refractivity contribution >= 4 is 22.3 Å². The minimum absolute atomic E-state index is 0.0411. The maximum Gasteiger partial charge on any atom is 0.278 e. The molecule has 0 fully saturated rings. The number of nitro groups is 1. The monoisotopic (exact) mass is 281 g/mol. The summed E-state index contributed by atoms with van der Waals surface area (Å²) in [6, 6.07) is 15.7. The average molecular weight is 281 g/mol. The maximum absolute atomic E-state index is 10.8. The van der Waals surface area contributed by atoms with Gasteiger partial charge in [-0.3, -0.25) is 10.1 Å². The van der Waals surface area contributed by atoms with E-state index < -0.39 is 4.92 Å². The number of hydrogen-bond acceptors (Lipinski definition) is 5. The van der Waals surface area contributed by atoms with Crippen LogP contribution in [-0.2, 0) is 0 Å². The van der Waals surface area contributed by atoms with Gasteiger partial charge in [-0.1, -0.05) is 36.4 Å². The van der Waals surface area contributed by atoms with Gasteiger partial charge in [0, 0.05) is 5.39 Å². The van der Waals surface area contributed by atoms with Gasteiger partial charge in [0.1, 0.15) is 11.6 Å². The van der Waals surface area contributed by atoms with Crippen LogP contribution in [-0.4, -0.2) is 9.91 Å². The van der Waals surface area contributed by atoms with Crippen molar-refractivity contribution in [2.24, 2.45) is 0 Å². The summed E-state index contributed by atoms with van der Waals surface area (Å²) in [5.74, 6) is 0.706. The van der Waals surface area contributed by atoms with E-state index in [0.717, 1.165) is 10.8 Å². The summed E-state index contributed by atoms with van der Waals surface area (Å²) in [7, 11) is 0. The largest absolute Gasteiger partial charge is 0.438 e. The second-order valence-electron chi connectivity index (χ2n) is 4.42. The number of pyridine rings is 1. The van der Waals surface area contributed by atoms with E-state index in [0.29, 0.717) is 5.75 Å². The van der Waals surface area contributed by atoms with E-state index >= 15 is 0 Å². The molecule has 104 valence electrons. The van der Waals surface area contributed by atoms with Crippen molar-refractivity contribution in [1.29, 1.82) is 0 Å². The molecular weight excluding hydrogens is 270 g/mol. The summed E-state index contributed by atoms with van der Waals surface area (Å²) in [6.07, 6.45) is 0. The number of hydrogen-bond donors (Lipinski definition) is 1. The smallest absolute Gasteiger partial charge is 0.278 e. The number of rotatable bonds is 3. The Labute approximate surface area is 119 Å². The molecule has 0 aliphatic carbocycles. The van der Waals surface area contributed by atoms with Crippen LogP contribution in [0.5, 0.6) is 11.6 Å². The molecule has 0 aliphatic heterocycles. The van der Waals surface area contributed by atoms with Crippen LogP contribution in [0, 0.1) is 10.1 Å². The molecule has 0 saturated carbocycles. The van der Waals surface area contributed by atoms with E-state index in [9.17, 15) is 10.1 Å². The minimum Gasteiger partial charge on any atom is -0.438 e. The Balaban J connectivity index is 2.05. The highest BCUT2D eigenvalue weighted by Gasteiger charge is 2.12. The molecule has 0 atom stereocenters. The summed E-state index contributed by atoms with van der Waals surface area (Å²) in [6.45, 7) is 0. The van der Waals surface area contributed by atoms with E-state index in [1.54, 1.807) is 6.07 Å². The Hall–Kier alpha value is -3.15. The number of ether oxygens (including phenoxy) is 1. The molecule has 6 heteroatoms. The van der Waals surface area contributed by atoms with Crippen LogP contribution in [0.2, 0.25) is 0 Å². The second-order valence-corrected chi connectivity index (χ2v) is 4.42. The quantitative estimate of drug-likeness (QED) is 0.585. The fourth-order valence-corrected chi connectivity index (χ4v) is 2.07. The summed E-state index contributed by atoms with van der Waals surface area (Å²) >= 11 is 0. The Morgan fingerprint density at radius 1 is 1.10 bits per heavy atom. The molecule has 0 amide bonds. The van der Waals surface area contributed by atoms with E-state index in [1.807, 2.05) is 36.4 Å². The molecule has 21 heavy (non-hydrogen) atoms. The highest BCUT2D eigenvalue weighted by Crippen LogP contribution is 2.30. The topological polar surface area (TPSA) is 91.3 Å². The van der Waals surface area contributed by atoms with Crippen LogP contribution in [0.15, 0.2) is 54.6 Å². The van der Waals surface area contributed by atoms with Crippen LogP contribution < -0.4 is 10.5 Å². The van der Waals surface area contributed by atoms with Crippen molar-refractivity contribution in [2.75, 3.05) is 5.73 Å². The fourth-order valence-electron chi connectivity index (χ4n) is 2.07. The zero-order valence-corrected chi connectivity index (χ0v) is 10.9. The lowest BCUT2D eigenvalue weighted by atomic mass is 10.1. The number of nitrogen functional groups attached to an aromatic ring is 1. The van der Waals surface area contributed by atoms with Crippen molar-refractivity contribution in [3.05, 3.63) is 64.7 Å². The van der Waals surface area contributed by atoms with Gasteiger partial charge in [-0.2, -0.15) is 4.98 Å². The Morgan fingerprint density at radius 3 is 2.67 bits per heavy atom. The zero-order valence-electron chi connectivity index (χ0n) is 10.9. The first-order valence-corrected chi connectivity index (χ1v) is 6.21. The number of nitrogens with zero attached hydrogens (tertiary/aromatic N) is 2. The zero-order chi connectivity index (χ0) is 14.8. The molecule has 3 aromatic rings. The highest BCUT2D eigenvalue weighted by molar-refractivity contribution is 5.88. The lowest BCUT2D eigenvalue weighted by molar-refractivity contribution is -0.384. The number of benzene rings is 2. The van der Waals surface area contributed by atoms with E-state index in [2.05, 4.69) is 4.98 Å². The lowest BCUT2D eigenvalue weighted by Gasteiger charge is -2.08. The molecular formula is C15H11N3O3. The molecule has 0 aliphatic rings. The van der Waals surface area contributed by atoms with Crippen LogP contribution >= 0.6 is 0 Å². The number of fused-ring (bicyclic) bond motifs is 1. The van der Waals surface area contributed by atoms with Gasteiger partial charge in [-0.15, -0.1) is 0 Å². The van der Waals surface area contributed by atoms with Crippen LogP contribution in [0.25, 0.3) is 10.8 Å². The summed E-state index contributed by atoms with van der Waals surface area (Å²) < 4.78 is 5.67. The van der Waals surface area contributed by atoms with Gasteiger partial charge in [0.05, 0.1) is 17.1 Å². The molecule has 2 aromatic carbocycles. The SMILES string of the molecule is Nc1cc([N+](=O)[O-])cc(Oc2cccc3ccccc23)n1. The molecule has 6 nitrogen and oxygen atoms in total. The predicted octanol–water partition coefficient (Wildman–Crippen LogP) is 3.52. The summed E-state index contributed by atoms with van der Waals surface area (Å²) in [4.78, 5) is 14.3.